The first-order valence-corrected chi connectivity index (χ1v) is 11.3. The van der Waals surface area contributed by atoms with Crippen LogP contribution in [0.3, 0.4) is 0 Å². The lowest BCUT2D eigenvalue weighted by molar-refractivity contribution is 0.201. The molecule has 0 saturated carbocycles. The van der Waals surface area contributed by atoms with Gasteiger partial charge in [-0.05, 0) is 72.9 Å². The number of thiocarbonyl (C=S) groups is 1. The minimum absolute atomic E-state index is 0.439. The lowest BCUT2D eigenvalue weighted by atomic mass is 10.1. The van der Waals surface area contributed by atoms with Crippen LogP contribution in [-0.2, 0) is 6.54 Å². The molecule has 1 fully saturated rings. The van der Waals surface area contributed by atoms with Crippen LogP contribution in [0.5, 0.6) is 0 Å². The molecule has 1 aliphatic rings. The van der Waals surface area contributed by atoms with Crippen molar-refractivity contribution in [3.05, 3.63) is 77.0 Å². The van der Waals surface area contributed by atoms with E-state index in [0.717, 1.165) is 49.5 Å². The van der Waals surface area contributed by atoms with Gasteiger partial charge in [-0.3, -0.25) is 4.90 Å². The van der Waals surface area contributed by atoms with Crippen molar-refractivity contribution in [2.45, 2.75) is 25.4 Å². The number of hydrogen-bond acceptors (Lipinski definition) is 4. The molecule has 2 heterocycles. The van der Waals surface area contributed by atoms with Gasteiger partial charge in [-0.25, -0.2) is 0 Å². The van der Waals surface area contributed by atoms with Crippen LogP contribution in [0.2, 0.25) is 0 Å². The fraction of sp³-hybridized carbons (Fsp3) is 0.261. The van der Waals surface area contributed by atoms with Crippen molar-refractivity contribution in [3.8, 4) is 0 Å². The third-order valence-electron chi connectivity index (χ3n) is 5.09. The van der Waals surface area contributed by atoms with Crippen molar-refractivity contribution in [1.29, 1.82) is 0 Å². The van der Waals surface area contributed by atoms with Gasteiger partial charge in [-0.15, -0.1) is 11.3 Å². The molecule has 6 heteroatoms. The summed E-state index contributed by atoms with van der Waals surface area (Å²) in [7, 11) is 0. The van der Waals surface area contributed by atoms with Gasteiger partial charge < -0.3 is 16.0 Å². The Kier molecular flexibility index (Phi) is 6.77. The zero-order valence-corrected chi connectivity index (χ0v) is 17.9. The summed E-state index contributed by atoms with van der Waals surface area (Å²) >= 11 is 7.37. The van der Waals surface area contributed by atoms with E-state index in [0.29, 0.717) is 11.2 Å². The summed E-state index contributed by atoms with van der Waals surface area (Å²) < 4.78 is 0. The predicted molar refractivity (Wildman–Crippen MR) is 128 cm³/mol. The van der Waals surface area contributed by atoms with Crippen LogP contribution in [-0.4, -0.2) is 29.1 Å². The molecule has 0 radical (unpaired) electrons. The fourth-order valence-corrected chi connectivity index (χ4v) is 4.57. The average Bonchev–Trinajstić information content (AvgIpc) is 3.25. The van der Waals surface area contributed by atoms with Crippen molar-refractivity contribution >= 4 is 45.7 Å². The monoisotopic (exact) mass is 422 g/mol. The normalized spacial score (nSPS) is 15.0. The van der Waals surface area contributed by atoms with Crippen LogP contribution in [0.1, 0.15) is 17.7 Å². The standard InChI is InChI=1S/C23H26N4S2/c28-23(26-21-12-14-27(15-13-21)17-22-7-4-16-29-22)25-20-10-8-19(9-11-20)24-18-5-2-1-3-6-18/h1-11,16,21,24H,12-15,17H2,(H2,25,26,28). The van der Waals surface area contributed by atoms with Gasteiger partial charge in [0.2, 0.25) is 0 Å². The zero-order chi connectivity index (χ0) is 19.9. The molecule has 3 N–H and O–H groups in total. The van der Waals surface area contributed by atoms with Gasteiger partial charge in [-0.1, -0.05) is 24.3 Å². The van der Waals surface area contributed by atoms with Gasteiger partial charge in [-0.2, -0.15) is 0 Å². The number of nitrogens with zero attached hydrogens (tertiary/aromatic N) is 1. The van der Waals surface area contributed by atoms with E-state index in [-0.39, 0.29) is 0 Å². The van der Waals surface area contributed by atoms with Crippen LogP contribution in [0.15, 0.2) is 72.1 Å². The van der Waals surface area contributed by atoms with Crippen LogP contribution in [0.4, 0.5) is 17.1 Å². The molecule has 150 valence electrons. The summed E-state index contributed by atoms with van der Waals surface area (Å²) in [6, 6.07) is 23.1. The van der Waals surface area contributed by atoms with E-state index in [2.05, 4.69) is 62.6 Å². The molecule has 2 aromatic carbocycles. The molecule has 0 bridgehead atoms. The number of benzene rings is 2. The van der Waals surface area contributed by atoms with Crippen LogP contribution in [0.25, 0.3) is 0 Å². The quantitative estimate of drug-likeness (QED) is 0.461. The number of para-hydroxylation sites is 1. The Hall–Kier alpha value is -2.41. The van der Waals surface area contributed by atoms with E-state index in [4.69, 9.17) is 12.2 Å². The van der Waals surface area contributed by atoms with Crippen molar-refractivity contribution in [2.24, 2.45) is 0 Å². The molecule has 0 atom stereocenters. The van der Waals surface area contributed by atoms with E-state index in [1.807, 2.05) is 41.7 Å². The van der Waals surface area contributed by atoms with E-state index in [9.17, 15) is 0 Å². The molecule has 4 rings (SSSR count). The van der Waals surface area contributed by atoms with E-state index in [1.54, 1.807) is 0 Å². The number of rotatable bonds is 6. The number of nitrogens with one attached hydrogen (secondary N) is 3. The highest BCUT2D eigenvalue weighted by molar-refractivity contribution is 7.80. The summed E-state index contributed by atoms with van der Waals surface area (Å²) in [5.41, 5.74) is 3.13. The maximum absolute atomic E-state index is 5.53. The van der Waals surface area contributed by atoms with Crippen molar-refractivity contribution < 1.29 is 0 Å². The lowest BCUT2D eigenvalue weighted by Crippen LogP contribution is -2.45. The summed E-state index contributed by atoms with van der Waals surface area (Å²) in [6.07, 6.45) is 2.24. The Labute approximate surface area is 182 Å². The van der Waals surface area contributed by atoms with Gasteiger partial charge in [0.25, 0.3) is 0 Å². The summed E-state index contributed by atoms with van der Waals surface area (Å²) in [5, 5.41) is 13.0. The maximum atomic E-state index is 5.53. The summed E-state index contributed by atoms with van der Waals surface area (Å²) in [5.74, 6) is 0. The number of piperidine rings is 1. The molecule has 3 aromatic rings. The second kappa shape index (κ2) is 9.87. The smallest absolute Gasteiger partial charge is 0.170 e. The van der Waals surface area contributed by atoms with Crippen LogP contribution >= 0.6 is 23.6 Å². The molecular weight excluding hydrogens is 396 g/mol. The van der Waals surface area contributed by atoms with Crippen molar-refractivity contribution in [2.75, 3.05) is 23.7 Å². The SMILES string of the molecule is S=C(Nc1ccc(Nc2ccccc2)cc1)NC1CCN(Cc2cccs2)CC1. The third kappa shape index (κ3) is 6.03. The van der Waals surface area contributed by atoms with Gasteiger partial charge in [0.15, 0.2) is 5.11 Å². The first-order chi connectivity index (χ1) is 14.2. The second-order valence-electron chi connectivity index (χ2n) is 7.30. The Morgan fingerprint density at radius 1 is 0.897 bits per heavy atom. The molecule has 0 unspecified atom stereocenters. The highest BCUT2D eigenvalue weighted by Gasteiger charge is 2.20. The molecule has 4 nitrogen and oxygen atoms in total. The maximum Gasteiger partial charge on any atom is 0.170 e. The minimum Gasteiger partial charge on any atom is -0.360 e. The van der Waals surface area contributed by atoms with Gasteiger partial charge >= 0.3 is 0 Å². The Morgan fingerprint density at radius 2 is 1.59 bits per heavy atom. The molecule has 1 saturated heterocycles. The number of likely N-dealkylation sites (tertiary alicyclic amines) is 1. The molecule has 29 heavy (non-hydrogen) atoms. The number of thiophene rings is 1. The number of anilines is 3. The number of hydrogen-bond donors (Lipinski definition) is 3. The largest absolute Gasteiger partial charge is 0.360 e. The average molecular weight is 423 g/mol. The molecule has 1 aromatic heterocycles. The first-order valence-electron chi connectivity index (χ1n) is 9.99. The topological polar surface area (TPSA) is 39.3 Å². The zero-order valence-electron chi connectivity index (χ0n) is 16.3. The molecule has 0 amide bonds. The van der Waals surface area contributed by atoms with Crippen LogP contribution in [0, 0.1) is 0 Å². The predicted octanol–water partition coefficient (Wildman–Crippen LogP) is 5.44. The highest BCUT2D eigenvalue weighted by atomic mass is 32.1. The van der Waals surface area contributed by atoms with E-state index < -0.39 is 0 Å². The van der Waals surface area contributed by atoms with Crippen molar-refractivity contribution in [1.82, 2.24) is 10.2 Å². The Bertz CT molecular complexity index is 886. The fourth-order valence-electron chi connectivity index (χ4n) is 3.54. The van der Waals surface area contributed by atoms with Gasteiger partial charge in [0, 0.05) is 47.6 Å². The lowest BCUT2D eigenvalue weighted by Gasteiger charge is -2.32. The third-order valence-corrected chi connectivity index (χ3v) is 6.17. The van der Waals surface area contributed by atoms with E-state index in [1.165, 1.54) is 4.88 Å². The highest BCUT2D eigenvalue weighted by Crippen LogP contribution is 2.19. The second-order valence-corrected chi connectivity index (χ2v) is 8.74. The first kappa shape index (κ1) is 19.9. The van der Waals surface area contributed by atoms with Crippen molar-refractivity contribution in [3.63, 3.8) is 0 Å². The molecule has 1 aliphatic heterocycles. The van der Waals surface area contributed by atoms with E-state index >= 15 is 0 Å². The minimum atomic E-state index is 0.439. The molecular formula is C23H26N4S2. The van der Waals surface area contributed by atoms with Gasteiger partial charge in [0.1, 0.15) is 0 Å². The summed E-state index contributed by atoms with van der Waals surface area (Å²) in [4.78, 5) is 3.97. The van der Waals surface area contributed by atoms with Gasteiger partial charge in [0.05, 0.1) is 0 Å². The molecule has 0 aliphatic carbocycles. The van der Waals surface area contributed by atoms with Crippen LogP contribution < -0.4 is 16.0 Å². The Morgan fingerprint density at radius 3 is 2.28 bits per heavy atom. The summed E-state index contributed by atoms with van der Waals surface area (Å²) in [6.45, 7) is 3.28. The molecule has 0 spiro atoms. The Balaban J connectivity index is 1.21.